The fourth-order valence-electron chi connectivity index (χ4n) is 3.93. The molecule has 3 aliphatic heterocycles. The Balaban J connectivity index is 1.69. The third-order valence-electron chi connectivity index (χ3n) is 6.04. The van der Waals surface area contributed by atoms with Crippen molar-refractivity contribution >= 4 is 0 Å². The predicted molar refractivity (Wildman–Crippen MR) is 99.8 cm³/mol. The third-order valence-corrected chi connectivity index (χ3v) is 6.04. The first-order valence-electron chi connectivity index (χ1n) is 10.4. The average molecular weight is 488 g/mol. The number of aliphatic hydroxyl groups is 10. The van der Waals surface area contributed by atoms with E-state index in [2.05, 4.69) is 0 Å². The van der Waals surface area contributed by atoms with Gasteiger partial charge in [0.15, 0.2) is 18.9 Å². The molecule has 15 atom stereocenters. The van der Waals surface area contributed by atoms with E-state index in [9.17, 15) is 51.1 Å². The molecule has 3 heterocycles. The average Bonchev–Trinajstić information content (AvgIpc) is 2.80. The van der Waals surface area contributed by atoms with Gasteiger partial charge in [0.1, 0.15) is 67.1 Å². The third kappa shape index (κ3) is 5.32. The zero-order valence-corrected chi connectivity index (χ0v) is 17.6. The second-order valence-corrected chi connectivity index (χ2v) is 8.32. The fraction of sp³-hybridized carbons (Fsp3) is 1.00. The van der Waals surface area contributed by atoms with Crippen molar-refractivity contribution in [3.05, 3.63) is 0 Å². The second-order valence-electron chi connectivity index (χ2n) is 8.32. The maximum absolute atomic E-state index is 10.6. The van der Waals surface area contributed by atoms with Gasteiger partial charge >= 0.3 is 0 Å². The Bertz CT molecular complexity index is 622. The monoisotopic (exact) mass is 488 g/mol. The summed E-state index contributed by atoms with van der Waals surface area (Å²) < 4.78 is 26.7. The quantitative estimate of drug-likeness (QED) is 0.167. The lowest BCUT2D eigenvalue weighted by atomic mass is 9.96. The lowest BCUT2D eigenvalue weighted by Crippen LogP contribution is -2.66. The molecule has 2 unspecified atom stereocenters. The lowest BCUT2D eigenvalue weighted by molar-refractivity contribution is -0.390. The Morgan fingerprint density at radius 1 is 0.515 bits per heavy atom. The van der Waals surface area contributed by atoms with Crippen molar-refractivity contribution in [1.82, 2.24) is 0 Å². The lowest BCUT2D eigenvalue weighted by Gasteiger charge is -2.47. The number of ether oxygens (including phenoxy) is 5. The highest BCUT2D eigenvalue weighted by molar-refractivity contribution is 4.95. The van der Waals surface area contributed by atoms with Crippen molar-refractivity contribution < 1.29 is 74.7 Å². The number of aliphatic hydroxyl groups excluding tert-OH is 10. The first kappa shape index (κ1) is 27.0. The SMILES string of the molecule is C[C@@H]1OC(OC2O[C@H](CO)[C@@H](O[C@@H]3O[C@H](CO)[C@H](O)[C@H](O)[C@H]3O)[C@H](O)[C@H]2O)[C@@H](O)[C@H](O)[C@@H]1O. The summed E-state index contributed by atoms with van der Waals surface area (Å²) >= 11 is 0. The molecule has 194 valence electrons. The van der Waals surface area contributed by atoms with Gasteiger partial charge in [-0.05, 0) is 6.92 Å². The zero-order valence-electron chi connectivity index (χ0n) is 17.6. The van der Waals surface area contributed by atoms with Crippen LogP contribution in [0.1, 0.15) is 6.92 Å². The summed E-state index contributed by atoms with van der Waals surface area (Å²) in [7, 11) is 0. The van der Waals surface area contributed by atoms with Crippen molar-refractivity contribution in [1.29, 1.82) is 0 Å². The zero-order chi connectivity index (χ0) is 24.6. The van der Waals surface area contributed by atoms with Gasteiger partial charge in [-0.15, -0.1) is 0 Å². The van der Waals surface area contributed by atoms with Gasteiger partial charge in [0.05, 0.1) is 19.3 Å². The van der Waals surface area contributed by atoms with E-state index in [1.54, 1.807) is 0 Å². The fourth-order valence-corrected chi connectivity index (χ4v) is 3.93. The van der Waals surface area contributed by atoms with Crippen molar-refractivity contribution in [2.75, 3.05) is 13.2 Å². The van der Waals surface area contributed by atoms with Gasteiger partial charge in [0.2, 0.25) is 0 Å². The van der Waals surface area contributed by atoms with Crippen LogP contribution in [0.5, 0.6) is 0 Å². The van der Waals surface area contributed by atoms with E-state index in [0.717, 1.165) is 0 Å². The van der Waals surface area contributed by atoms with Crippen molar-refractivity contribution in [3.63, 3.8) is 0 Å². The van der Waals surface area contributed by atoms with E-state index < -0.39 is 105 Å². The summed E-state index contributed by atoms with van der Waals surface area (Å²) in [5, 5.41) is 99.6. The van der Waals surface area contributed by atoms with Gasteiger partial charge in [-0.25, -0.2) is 0 Å². The highest BCUT2D eigenvalue weighted by Crippen LogP contribution is 2.31. The van der Waals surface area contributed by atoms with Gasteiger partial charge in [-0.1, -0.05) is 0 Å². The van der Waals surface area contributed by atoms with Gasteiger partial charge < -0.3 is 74.7 Å². The van der Waals surface area contributed by atoms with E-state index in [-0.39, 0.29) is 0 Å². The van der Waals surface area contributed by atoms with Crippen LogP contribution in [0.25, 0.3) is 0 Å². The van der Waals surface area contributed by atoms with E-state index in [4.69, 9.17) is 23.7 Å². The van der Waals surface area contributed by atoms with Crippen LogP contribution in [0.2, 0.25) is 0 Å². The summed E-state index contributed by atoms with van der Waals surface area (Å²) in [6, 6.07) is 0. The van der Waals surface area contributed by atoms with Crippen LogP contribution < -0.4 is 0 Å². The molecule has 0 saturated carbocycles. The smallest absolute Gasteiger partial charge is 0.189 e. The molecule has 15 nitrogen and oxygen atoms in total. The molecule has 10 N–H and O–H groups in total. The second kappa shape index (κ2) is 11.0. The normalized spacial score (nSPS) is 53.7. The molecule has 0 aliphatic carbocycles. The van der Waals surface area contributed by atoms with E-state index in [1.165, 1.54) is 6.92 Å². The highest BCUT2D eigenvalue weighted by atomic mass is 16.8. The van der Waals surface area contributed by atoms with Crippen LogP contribution in [0.3, 0.4) is 0 Å². The molecule has 3 aliphatic rings. The molecule has 0 spiro atoms. The molecule has 3 saturated heterocycles. The van der Waals surface area contributed by atoms with Crippen LogP contribution >= 0.6 is 0 Å². The molecule has 0 amide bonds. The maximum Gasteiger partial charge on any atom is 0.189 e. The predicted octanol–water partition coefficient (Wildman–Crippen LogP) is -6.55. The number of rotatable bonds is 6. The standard InChI is InChI=1S/C18H32O15/c1-4-7(21)9(23)12(26)16(29-4)33-18-14(28)11(25)15(6(3-20)31-18)32-17-13(27)10(24)8(22)5(2-19)30-17/h4-28H,2-3H2,1H3/t4-,5+,6+,7+,8-,9+,10-,11+,12-,13+,14+,15+,16?,17-,18?/m0/s1. The van der Waals surface area contributed by atoms with Gasteiger partial charge in [0, 0.05) is 0 Å². The Hall–Kier alpha value is -0.600. The van der Waals surface area contributed by atoms with Crippen LogP contribution in [0, 0.1) is 0 Å². The summed E-state index contributed by atoms with van der Waals surface area (Å²) in [5.74, 6) is 0. The molecule has 0 radical (unpaired) electrons. The molecule has 0 aromatic heterocycles. The molecule has 15 heteroatoms. The largest absolute Gasteiger partial charge is 0.394 e. The van der Waals surface area contributed by atoms with Crippen molar-refractivity contribution in [3.8, 4) is 0 Å². The Morgan fingerprint density at radius 2 is 0.970 bits per heavy atom. The molecule has 3 rings (SSSR count). The number of hydrogen-bond acceptors (Lipinski definition) is 15. The van der Waals surface area contributed by atoms with Crippen molar-refractivity contribution in [2.45, 2.75) is 99.0 Å². The van der Waals surface area contributed by atoms with E-state index >= 15 is 0 Å². The summed E-state index contributed by atoms with van der Waals surface area (Å²) in [6.45, 7) is -0.0965. The minimum atomic E-state index is -1.85. The van der Waals surface area contributed by atoms with Crippen LogP contribution in [0.4, 0.5) is 0 Å². The van der Waals surface area contributed by atoms with Gasteiger partial charge in [-0.2, -0.15) is 0 Å². The molecule has 0 bridgehead atoms. The topological polar surface area (TPSA) is 248 Å². The molecule has 0 aromatic rings. The molecule has 3 fully saturated rings. The Morgan fingerprint density at radius 3 is 1.55 bits per heavy atom. The first-order chi connectivity index (χ1) is 15.5. The summed E-state index contributed by atoms with van der Waals surface area (Å²) in [6.07, 6.45) is -23.7. The molecular formula is C18H32O15. The van der Waals surface area contributed by atoms with E-state index in [0.29, 0.717) is 0 Å². The first-order valence-corrected chi connectivity index (χ1v) is 10.4. The molecule has 0 aromatic carbocycles. The Kier molecular flexibility index (Phi) is 8.99. The molecular weight excluding hydrogens is 456 g/mol. The summed E-state index contributed by atoms with van der Waals surface area (Å²) in [4.78, 5) is 0. The summed E-state index contributed by atoms with van der Waals surface area (Å²) in [5.41, 5.74) is 0. The van der Waals surface area contributed by atoms with Crippen LogP contribution in [-0.4, -0.2) is 156 Å². The highest BCUT2D eigenvalue weighted by Gasteiger charge is 2.52. The van der Waals surface area contributed by atoms with Crippen molar-refractivity contribution in [2.24, 2.45) is 0 Å². The molecule has 33 heavy (non-hydrogen) atoms. The minimum Gasteiger partial charge on any atom is -0.394 e. The number of hydrogen-bond donors (Lipinski definition) is 10. The minimum absolute atomic E-state index is 0.723. The van der Waals surface area contributed by atoms with Gasteiger partial charge in [0.25, 0.3) is 0 Å². The van der Waals surface area contributed by atoms with Gasteiger partial charge in [-0.3, -0.25) is 0 Å². The maximum atomic E-state index is 10.6. The Labute approximate surface area is 187 Å². The van der Waals surface area contributed by atoms with E-state index in [1.807, 2.05) is 0 Å². The van der Waals surface area contributed by atoms with Crippen LogP contribution in [0.15, 0.2) is 0 Å². The van der Waals surface area contributed by atoms with Crippen LogP contribution in [-0.2, 0) is 23.7 Å².